The smallest absolute Gasteiger partial charge is 0.130 e. The minimum Gasteiger partial charge on any atom is -0.507 e. The molecule has 0 spiro atoms. The first kappa shape index (κ1) is 8.59. The van der Waals surface area contributed by atoms with Crippen molar-refractivity contribution in [2.45, 2.75) is 6.54 Å². The number of phenols is 1. The molecule has 0 aliphatic heterocycles. The summed E-state index contributed by atoms with van der Waals surface area (Å²) in [7, 11) is 0. The van der Waals surface area contributed by atoms with Crippen LogP contribution in [0, 0.1) is 0 Å². The predicted molar refractivity (Wildman–Crippen MR) is 55.6 cm³/mol. The molecule has 3 nitrogen and oxygen atoms in total. The maximum atomic E-state index is 9.41. The highest BCUT2D eigenvalue weighted by Crippen LogP contribution is 2.29. The number of aromatic amines is 1. The number of H-pyrrole nitrogens is 1. The van der Waals surface area contributed by atoms with Crippen LogP contribution in [0.1, 0.15) is 5.69 Å². The topological polar surface area (TPSA) is 62.0 Å². The van der Waals surface area contributed by atoms with E-state index < -0.39 is 0 Å². The second-order valence-electron chi connectivity index (χ2n) is 2.89. The number of rotatable bonds is 1. The van der Waals surface area contributed by atoms with Crippen LogP contribution in [0.4, 0.5) is 0 Å². The van der Waals surface area contributed by atoms with E-state index in [1.165, 1.54) is 0 Å². The SMILES string of the molecule is NCc1cc2cc(O)c(Br)cc2[nH]1. The van der Waals surface area contributed by atoms with Crippen molar-refractivity contribution in [3.8, 4) is 5.75 Å². The van der Waals surface area contributed by atoms with Crippen LogP contribution in [-0.4, -0.2) is 10.1 Å². The number of aromatic hydroxyl groups is 1. The molecule has 0 saturated carbocycles. The van der Waals surface area contributed by atoms with E-state index >= 15 is 0 Å². The van der Waals surface area contributed by atoms with Crippen LogP contribution in [-0.2, 0) is 6.54 Å². The van der Waals surface area contributed by atoms with Crippen molar-refractivity contribution in [3.63, 3.8) is 0 Å². The lowest BCUT2D eigenvalue weighted by Gasteiger charge is -1.95. The number of nitrogens with two attached hydrogens (primary N) is 1. The maximum absolute atomic E-state index is 9.41. The van der Waals surface area contributed by atoms with Crippen molar-refractivity contribution >= 4 is 26.8 Å². The van der Waals surface area contributed by atoms with E-state index in [9.17, 15) is 5.11 Å². The molecule has 68 valence electrons. The molecule has 0 radical (unpaired) electrons. The summed E-state index contributed by atoms with van der Waals surface area (Å²) in [6, 6.07) is 5.47. The first-order chi connectivity index (χ1) is 6.20. The molecule has 1 aromatic heterocycles. The van der Waals surface area contributed by atoms with Gasteiger partial charge in [0.05, 0.1) is 4.47 Å². The van der Waals surface area contributed by atoms with E-state index in [1.807, 2.05) is 12.1 Å². The number of hydrogen-bond acceptors (Lipinski definition) is 2. The Labute approximate surface area is 83.7 Å². The van der Waals surface area contributed by atoms with E-state index in [0.717, 1.165) is 16.6 Å². The molecule has 0 aliphatic rings. The number of aromatic nitrogens is 1. The number of halogens is 1. The van der Waals surface area contributed by atoms with E-state index in [0.29, 0.717) is 11.0 Å². The fourth-order valence-electron chi connectivity index (χ4n) is 1.31. The van der Waals surface area contributed by atoms with Gasteiger partial charge in [-0.3, -0.25) is 0 Å². The van der Waals surface area contributed by atoms with Gasteiger partial charge in [-0.05, 0) is 34.1 Å². The molecule has 0 bridgehead atoms. The van der Waals surface area contributed by atoms with Gasteiger partial charge in [0, 0.05) is 23.1 Å². The average molecular weight is 241 g/mol. The number of nitrogens with one attached hydrogen (secondary N) is 1. The number of fused-ring (bicyclic) bond motifs is 1. The van der Waals surface area contributed by atoms with Crippen molar-refractivity contribution in [1.29, 1.82) is 0 Å². The predicted octanol–water partition coefficient (Wildman–Crippen LogP) is 2.09. The first-order valence-electron chi connectivity index (χ1n) is 3.91. The summed E-state index contributed by atoms with van der Waals surface area (Å²) in [5.41, 5.74) is 7.43. The minimum atomic E-state index is 0.245. The van der Waals surface area contributed by atoms with Gasteiger partial charge in [0.1, 0.15) is 5.75 Å². The molecule has 0 aliphatic carbocycles. The summed E-state index contributed by atoms with van der Waals surface area (Å²) >= 11 is 3.25. The van der Waals surface area contributed by atoms with Gasteiger partial charge in [0.25, 0.3) is 0 Å². The zero-order valence-electron chi connectivity index (χ0n) is 6.84. The Morgan fingerprint density at radius 2 is 2.15 bits per heavy atom. The lowest BCUT2D eigenvalue weighted by molar-refractivity contribution is 0.473. The Balaban J connectivity index is 2.70. The lowest BCUT2D eigenvalue weighted by Crippen LogP contribution is -1.94. The number of phenolic OH excluding ortho intramolecular Hbond substituents is 1. The van der Waals surface area contributed by atoms with Crippen LogP contribution in [0.15, 0.2) is 22.7 Å². The summed E-state index contributed by atoms with van der Waals surface area (Å²) < 4.78 is 0.686. The van der Waals surface area contributed by atoms with Gasteiger partial charge in [-0.1, -0.05) is 0 Å². The van der Waals surface area contributed by atoms with Crippen LogP contribution in [0.2, 0.25) is 0 Å². The van der Waals surface area contributed by atoms with Crippen LogP contribution in [0.25, 0.3) is 10.9 Å². The lowest BCUT2D eigenvalue weighted by atomic mass is 10.2. The van der Waals surface area contributed by atoms with Crippen molar-refractivity contribution in [3.05, 3.63) is 28.4 Å². The van der Waals surface area contributed by atoms with Crippen molar-refractivity contribution in [1.82, 2.24) is 4.98 Å². The third kappa shape index (κ3) is 1.43. The summed E-state index contributed by atoms with van der Waals surface area (Å²) in [5.74, 6) is 0.245. The van der Waals surface area contributed by atoms with Crippen LogP contribution >= 0.6 is 15.9 Å². The summed E-state index contributed by atoms with van der Waals surface area (Å²) in [5, 5.41) is 10.4. The zero-order chi connectivity index (χ0) is 9.42. The standard InChI is InChI=1S/C9H9BrN2O/c10-7-3-8-5(2-9(7)13)1-6(4-11)12-8/h1-3,12-13H,4,11H2. The molecule has 4 N–H and O–H groups in total. The van der Waals surface area contributed by atoms with Gasteiger partial charge in [-0.2, -0.15) is 0 Å². The molecule has 1 heterocycles. The highest BCUT2D eigenvalue weighted by atomic mass is 79.9. The number of hydrogen-bond donors (Lipinski definition) is 3. The van der Waals surface area contributed by atoms with E-state index in [2.05, 4.69) is 20.9 Å². The molecule has 0 amide bonds. The molecule has 0 atom stereocenters. The second-order valence-corrected chi connectivity index (χ2v) is 3.74. The molecule has 0 unspecified atom stereocenters. The van der Waals surface area contributed by atoms with Crippen LogP contribution in [0.5, 0.6) is 5.75 Å². The average Bonchev–Trinajstić information content (AvgIpc) is 2.48. The third-order valence-electron chi connectivity index (χ3n) is 1.96. The van der Waals surface area contributed by atoms with Crippen molar-refractivity contribution in [2.24, 2.45) is 5.73 Å². The van der Waals surface area contributed by atoms with Crippen LogP contribution in [0.3, 0.4) is 0 Å². The van der Waals surface area contributed by atoms with E-state index in [-0.39, 0.29) is 5.75 Å². The zero-order valence-corrected chi connectivity index (χ0v) is 8.43. The normalized spacial score (nSPS) is 10.9. The Hall–Kier alpha value is -1.00. The molecule has 0 fully saturated rings. The van der Waals surface area contributed by atoms with Gasteiger partial charge in [-0.15, -0.1) is 0 Å². The Morgan fingerprint density at radius 1 is 1.38 bits per heavy atom. The second kappa shape index (κ2) is 3.05. The molecule has 4 heteroatoms. The van der Waals surface area contributed by atoms with Crippen molar-refractivity contribution in [2.75, 3.05) is 0 Å². The Kier molecular flexibility index (Phi) is 2.01. The first-order valence-corrected chi connectivity index (χ1v) is 4.70. The fraction of sp³-hybridized carbons (Fsp3) is 0.111. The van der Waals surface area contributed by atoms with Gasteiger partial charge in [-0.25, -0.2) is 0 Å². The molecular weight excluding hydrogens is 232 g/mol. The molecule has 0 saturated heterocycles. The minimum absolute atomic E-state index is 0.245. The quantitative estimate of drug-likeness (QED) is 0.715. The third-order valence-corrected chi connectivity index (χ3v) is 2.60. The summed E-state index contributed by atoms with van der Waals surface area (Å²) in [4.78, 5) is 3.15. The molecule has 2 aromatic rings. The molecule has 13 heavy (non-hydrogen) atoms. The number of benzene rings is 1. The van der Waals surface area contributed by atoms with Crippen LogP contribution < -0.4 is 5.73 Å². The molecule has 1 aromatic carbocycles. The van der Waals surface area contributed by atoms with Gasteiger partial charge >= 0.3 is 0 Å². The van der Waals surface area contributed by atoms with E-state index in [1.54, 1.807) is 6.07 Å². The van der Waals surface area contributed by atoms with Crippen molar-refractivity contribution < 1.29 is 5.11 Å². The Bertz CT molecular complexity index is 411. The molecule has 2 rings (SSSR count). The van der Waals surface area contributed by atoms with Gasteiger partial charge < -0.3 is 15.8 Å². The molecular formula is C9H9BrN2O. The highest BCUT2D eigenvalue weighted by Gasteiger charge is 2.03. The fourth-order valence-corrected chi connectivity index (χ4v) is 1.66. The largest absolute Gasteiger partial charge is 0.507 e. The monoisotopic (exact) mass is 240 g/mol. The summed E-state index contributed by atoms with van der Waals surface area (Å²) in [6.45, 7) is 0.479. The van der Waals surface area contributed by atoms with Gasteiger partial charge in [0.2, 0.25) is 0 Å². The Morgan fingerprint density at radius 3 is 2.85 bits per heavy atom. The van der Waals surface area contributed by atoms with Gasteiger partial charge in [0.15, 0.2) is 0 Å². The summed E-state index contributed by atoms with van der Waals surface area (Å²) in [6.07, 6.45) is 0. The van der Waals surface area contributed by atoms with E-state index in [4.69, 9.17) is 5.73 Å². The highest BCUT2D eigenvalue weighted by molar-refractivity contribution is 9.10. The maximum Gasteiger partial charge on any atom is 0.130 e.